The highest BCUT2D eigenvalue weighted by Gasteiger charge is 2.30. The Morgan fingerprint density at radius 1 is 1.28 bits per heavy atom. The minimum absolute atomic E-state index is 0.236. The second-order valence-electron chi connectivity index (χ2n) is 4.27. The van der Waals surface area contributed by atoms with Crippen LogP contribution in [0.2, 0.25) is 0 Å². The van der Waals surface area contributed by atoms with Gasteiger partial charge in [-0.3, -0.25) is 0 Å². The maximum Gasteiger partial charge on any atom is 0.247 e. The van der Waals surface area contributed by atoms with Crippen molar-refractivity contribution >= 4 is 0 Å². The number of nitrogens with two attached hydrogens (primary N) is 1. The molecule has 0 spiro atoms. The highest BCUT2D eigenvalue weighted by molar-refractivity contribution is 5.54. The van der Waals surface area contributed by atoms with E-state index in [0.717, 1.165) is 0 Å². The summed E-state index contributed by atoms with van der Waals surface area (Å²) in [5, 5.41) is 3.80. The van der Waals surface area contributed by atoms with E-state index in [2.05, 4.69) is 10.1 Å². The molecule has 2 N–H and O–H groups in total. The van der Waals surface area contributed by atoms with Gasteiger partial charge in [-0.2, -0.15) is 4.98 Å². The van der Waals surface area contributed by atoms with Gasteiger partial charge >= 0.3 is 0 Å². The molecule has 4 nitrogen and oxygen atoms in total. The average molecular weight is 249 g/mol. The van der Waals surface area contributed by atoms with Crippen LogP contribution in [0, 0.1) is 5.82 Å². The molecule has 1 aromatic heterocycles. The SMILES string of the molecule is CCC(N)(CC)c1nc(-c2ccccc2F)no1. The Labute approximate surface area is 105 Å². The van der Waals surface area contributed by atoms with Gasteiger partial charge in [0.2, 0.25) is 11.7 Å². The number of nitrogens with zero attached hydrogens (tertiary/aromatic N) is 2. The van der Waals surface area contributed by atoms with Gasteiger partial charge in [0.1, 0.15) is 5.82 Å². The molecule has 0 saturated heterocycles. The van der Waals surface area contributed by atoms with Crippen molar-refractivity contribution in [1.29, 1.82) is 0 Å². The summed E-state index contributed by atoms with van der Waals surface area (Å²) in [7, 11) is 0. The first-order chi connectivity index (χ1) is 8.60. The molecule has 2 rings (SSSR count). The second kappa shape index (κ2) is 4.86. The van der Waals surface area contributed by atoms with Gasteiger partial charge in [-0.15, -0.1) is 0 Å². The van der Waals surface area contributed by atoms with Crippen molar-refractivity contribution in [2.24, 2.45) is 5.73 Å². The monoisotopic (exact) mass is 249 g/mol. The van der Waals surface area contributed by atoms with Crippen LogP contribution in [-0.2, 0) is 5.54 Å². The Balaban J connectivity index is 2.40. The van der Waals surface area contributed by atoms with Gasteiger partial charge < -0.3 is 10.3 Å². The van der Waals surface area contributed by atoms with Crippen molar-refractivity contribution in [3.05, 3.63) is 36.0 Å². The van der Waals surface area contributed by atoms with Crippen LogP contribution >= 0.6 is 0 Å². The third-order valence-electron chi connectivity index (χ3n) is 3.23. The zero-order valence-corrected chi connectivity index (χ0v) is 10.5. The largest absolute Gasteiger partial charge is 0.337 e. The van der Waals surface area contributed by atoms with Crippen molar-refractivity contribution in [3.8, 4) is 11.4 Å². The summed E-state index contributed by atoms with van der Waals surface area (Å²) in [6, 6.07) is 6.32. The number of aromatic nitrogens is 2. The molecule has 1 heterocycles. The fourth-order valence-corrected chi connectivity index (χ4v) is 1.73. The molecule has 0 aliphatic heterocycles. The molecule has 0 radical (unpaired) electrons. The van der Waals surface area contributed by atoms with Crippen LogP contribution < -0.4 is 5.73 Å². The summed E-state index contributed by atoms with van der Waals surface area (Å²) in [6.07, 6.45) is 1.37. The summed E-state index contributed by atoms with van der Waals surface area (Å²) >= 11 is 0. The summed E-state index contributed by atoms with van der Waals surface area (Å²) in [5.74, 6) is 0.214. The van der Waals surface area contributed by atoms with Crippen LogP contribution in [-0.4, -0.2) is 10.1 Å². The molecule has 0 aliphatic rings. The maximum absolute atomic E-state index is 13.6. The lowest BCUT2D eigenvalue weighted by atomic mass is 9.94. The Bertz CT molecular complexity index is 535. The minimum Gasteiger partial charge on any atom is -0.337 e. The predicted molar refractivity (Wildman–Crippen MR) is 66.1 cm³/mol. The van der Waals surface area contributed by atoms with E-state index in [0.29, 0.717) is 24.3 Å². The van der Waals surface area contributed by atoms with Crippen LogP contribution in [0.5, 0.6) is 0 Å². The molecular formula is C13H16FN3O. The maximum atomic E-state index is 13.6. The average Bonchev–Trinajstić information content (AvgIpc) is 2.88. The third kappa shape index (κ3) is 2.13. The van der Waals surface area contributed by atoms with Gasteiger partial charge in [0, 0.05) is 0 Å². The number of halogens is 1. The number of rotatable bonds is 4. The molecule has 0 bridgehead atoms. The summed E-state index contributed by atoms with van der Waals surface area (Å²) in [4.78, 5) is 4.21. The summed E-state index contributed by atoms with van der Waals surface area (Å²) < 4.78 is 18.8. The van der Waals surface area contributed by atoms with Gasteiger partial charge in [0.05, 0.1) is 11.1 Å². The zero-order valence-electron chi connectivity index (χ0n) is 10.5. The molecule has 0 aliphatic carbocycles. The Morgan fingerprint density at radius 2 is 1.94 bits per heavy atom. The normalized spacial score (nSPS) is 11.8. The standard InChI is InChI=1S/C13H16FN3O/c1-3-13(15,4-2)12-16-11(17-18-12)9-7-5-6-8-10(9)14/h5-8H,3-4,15H2,1-2H3. The van der Waals surface area contributed by atoms with Crippen molar-refractivity contribution < 1.29 is 8.91 Å². The topological polar surface area (TPSA) is 64.9 Å². The van der Waals surface area contributed by atoms with Crippen LogP contribution in [0.15, 0.2) is 28.8 Å². The summed E-state index contributed by atoms with van der Waals surface area (Å²) in [6.45, 7) is 3.91. The summed E-state index contributed by atoms with van der Waals surface area (Å²) in [5.41, 5.74) is 5.84. The lowest BCUT2D eigenvalue weighted by molar-refractivity contribution is 0.268. The van der Waals surface area contributed by atoms with E-state index in [1.165, 1.54) is 6.07 Å². The van der Waals surface area contributed by atoms with Gasteiger partial charge in [-0.1, -0.05) is 31.1 Å². The Morgan fingerprint density at radius 3 is 2.56 bits per heavy atom. The van der Waals surface area contributed by atoms with E-state index in [4.69, 9.17) is 10.3 Å². The van der Waals surface area contributed by atoms with E-state index in [1.807, 2.05) is 13.8 Å². The molecule has 18 heavy (non-hydrogen) atoms. The molecular weight excluding hydrogens is 233 g/mol. The van der Waals surface area contributed by atoms with E-state index in [1.54, 1.807) is 18.2 Å². The first-order valence-electron chi connectivity index (χ1n) is 5.98. The zero-order chi connectivity index (χ0) is 13.2. The van der Waals surface area contributed by atoms with Gasteiger partial charge in [-0.25, -0.2) is 4.39 Å². The lowest BCUT2D eigenvalue weighted by Gasteiger charge is -2.20. The molecule has 5 heteroatoms. The van der Waals surface area contributed by atoms with E-state index in [-0.39, 0.29) is 11.6 Å². The Kier molecular flexibility index (Phi) is 3.43. The second-order valence-corrected chi connectivity index (χ2v) is 4.27. The van der Waals surface area contributed by atoms with Crippen molar-refractivity contribution in [3.63, 3.8) is 0 Å². The van der Waals surface area contributed by atoms with Crippen molar-refractivity contribution in [2.45, 2.75) is 32.2 Å². The van der Waals surface area contributed by atoms with E-state index < -0.39 is 5.54 Å². The fraction of sp³-hybridized carbons (Fsp3) is 0.385. The van der Waals surface area contributed by atoms with E-state index in [9.17, 15) is 4.39 Å². The van der Waals surface area contributed by atoms with Crippen LogP contribution in [0.4, 0.5) is 4.39 Å². The third-order valence-corrected chi connectivity index (χ3v) is 3.23. The predicted octanol–water partition coefficient (Wildman–Crippen LogP) is 2.85. The van der Waals surface area contributed by atoms with E-state index >= 15 is 0 Å². The molecule has 96 valence electrons. The lowest BCUT2D eigenvalue weighted by Crippen LogP contribution is -2.35. The molecule has 0 amide bonds. The molecule has 2 aromatic rings. The van der Waals surface area contributed by atoms with Gasteiger partial charge in [-0.05, 0) is 25.0 Å². The number of benzene rings is 1. The number of hydrogen-bond acceptors (Lipinski definition) is 4. The van der Waals surface area contributed by atoms with Crippen LogP contribution in [0.3, 0.4) is 0 Å². The minimum atomic E-state index is -0.642. The molecule has 1 aromatic carbocycles. The van der Waals surface area contributed by atoms with Gasteiger partial charge in [0.15, 0.2) is 0 Å². The highest BCUT2D eigenvalue weighted by Crippen LogP contribution is 2.27. The number of hydrogen-bond donors (Lipinski definition) is 1. The smallest absolute Gasteiger partial charge is 0.247 e. The molecule has 0 saturated carbocycles. The van der Waals surface area contributed by atoms with Gasteiger partial charge in [0.25, 0.3) is 0 Å². The fourth-order valence-electron chi connectivity index (χ4n) is 1.73. The van der Waals surface area contributed by atoms with Crippen LogP contribution in [0.1, 0.15) is 32.6 Å². The quantitative estimate of drug-likeness (QED) is 0.904. The molecule has 0 unspecified atom stereocenters. The van der Waals surface area contributed by atoms with Crippen LogP contribution in [0.25, 0.3) is 11.4 Å². The van der Waals surface area contributed by atoms with Crippen molar-refractivity contribution in [2.75, 3.05) is 0 Å². The highest BCUT2D eigenvalue weighted by atomic mass is 19.1. The van der Waals surface area contributed by atoms with Crippen molar-refractivity contribution in [1.82, 2.24) is 10.1 Å². The first kappa shape index (κ1) is 12.7. The molecule has 0 fully saturated rings. The first-order valence-corrected chi connectivity index (χ1v) is 5.98. The molecule has 0 atom stereocenters. The Hall–Kier alpha value is -1.75.